The molecule has 1 fully saturated rings. The first-order chi connectivity index (χ1) is 10.3. The van der Waals surface area contributed by atoms with Crippen LogP contribution in [0.5, 0.6) is 0 Å². The molecule has 0 aromatic carbocycles. The summed E-state index contributed by atoms with van der Waals surface area (Å²) in [5, 5.41) is 0.222. The van der Waals surface area contributed by atoms with E-state index in [9.17, 15) is 4.57 Å². The molecule has 1 saturated heterocycles. The molecule has 0 bridgehead atoms. The summed E-state index contributed by atoms with van der Waals surface area (Å²) in [5.74, 6) is 0.0955. The molecule has 0 amide bonds. The molecule has 1 aliphatic heterocycles. The number of halogens is 1. The zero-order valence-corrected chi connectivity index (χ0v) is 13.3. The number of anilines is 1. The predicted molar refractivity (Wildman–Crippen MR) is 81.5 cm³/mol. The quantitative estimate of drug-likeness (QED) is 0.550. The van der Waals surface area contributed by atoms with Crippen molar-refractivity contribution in [3.63, 3.8) is 0 Å². The Balaban J connectivity index is 1.78. The summed E-state index contributed by atoms with van der Waals surface area (Å²) >= 11 is 6.01. The molecule has 0 radical (unpaired) electrons. The Morgan fingerprint density at radius 2 is 2.05 bits per heavy atom. The Hall–Kier alpha value is -1.25. The van der Waals surface area contributed by atoms with Crippen LogP contribution in [-0.2, 0) is 4.57 Å². The predicted octanol–water partition coefficient (Wildman–Crippen LogP) is 0.834. The Kier molecular flexibility index (Phi) is 4.09. The van der Waals surface area contributed by atoms with Gasteiger partial charge in [0.1, 0.15) is 11.8 Å². The highest BCUT2D eigenvalue weighted by Gasteiger charge is 2.26. The van der Waals surface area contributed by atoms with Gasteiger partial charge in [-0.05, 0) is 12.8 Å². The third kappa shape index (κ3) is 3.23. The zero-order valence-electron chi connectivity index (χ0n) is 11.6. The average Bonchev–Trinajstić information content (AvgIpc) is 2.82. The highest BCUT2D eigenvalue weighted by Crippen LogP contribution is 2.37. The maximum Gasteiger partial charge on any atom is 0.339 e. The van der Waals surface area contributed by atoms with E-state index in [0.29, 0.717) is 24.3 Å². The first-order valence-electron chi connectivity index (χ1n) is 6.76. The van der Waals surface area contributed by atoms with Crippen LogP contribution in [0, 0.1) is 0 Å². The van der Waals surface area contributed by atoms with Gasteiger partial charge < -0.3 is 20.1 Å². The van der Waals surface area contributed by atoms with Gasteiger partial charge >= 0.3 is 7.60 Å². The van der Waals surface area contributed by atoms with Crippen LogP contribution < -0.4 is 5.73 Å². The smallest absolute Gasteiger partial charge is 0.339 e. The van der Waals surface area contributed by atoms with Crippen molar-refractivity contribution in [2.24, 2.45) is 0 Å². The molecule has 9 nitrogen and oxygen atoms in total. The molecule has 0 atom stereocenters. The number of fused-ring (bicyclic) bond motifs is 1. The highest BCUT2D eigenvalue weighted by atomic mass is 35.5. The van der Waals surface area contributed by atoms with E-state index in [1.165, 1.54) is 0 Å². The van der Waals surface area contributed by atoms with Crippen molar-refractivity contribution < 1.29 is 14.4 Å². The summed E-state index contributed by atoms with van der Waals surface area (Å²) in [4.78, 5) is 32.1. The van der Waals surface area contributed by atoms with Crippen molar-refractivity contribution >= 4 is 36.3 Å². The van der Waals surface area contributed by atoms with Crippen LogP contribution in [0.3, 0.4) is 0 Å². The van der Waals surface area contributed by atoms with Gasteiger partial charge in [0.25, 0.3) is 0 Å². The minimum absolute atomic E-state index is 0.0955. The van der Waals surface area contributed by atoms with Crippen LogP contribution in [0.2, 0.25) is 5.15 Å². The lowest BCUT2D eigenvalue weighted by atomic mass is 10.1. The molecule has 2 aromatic rings. The van der Waals surface area contributed by atoms with Crippen LogP contribution in [0.4, 0.5) is 5.95 Å². The second kappa shape index (κ2) is 5.75. The van der Waals surface area contributed by atoms with E-state index in [-0.39, 0.29) is 23.4 Å². The fraction of sp³-hybridized carbons (Fsp3) is 0.545. The third-order valence-corrected chi connectivity index (χ3v) is 4.76. The molecule has 2 aromatic heterocycles. The molecule has 4 N–H and O–H groups in total. The molecule has 3 rings (SSSR count). The zero-order chi connectivity index (χ0) is 15.9. The summed E-state index contributed by atoms with van der Waals surface area (Å²) < 4.78 is 13.0. The van der Waals surface area contributed by atoms with Crippen LogP contribution in [0.1, 0.15) is 18.9 Å². The summed E-state index contributed by atoms with van der Waals surface area (Å²) in [6.45, 7) is 1.20. The van der Waals surface area contributed by atoms with E-state index in [0.717, 1.165) is 12.8 Å². The summed E-state index contributed by atoms with van der Waals surface area (Å²) in [6, 6.07) is 0.142. The standard InChI is InChI=1S/C11H16ClN6O3P/c12-9-8-10(16-11(13)15-9)18(5-14-8)7-1-3-17(4-2-7)6-22(19,20)21/h5,7H,1-4,6H2,(H2,13,15,16)(H2,19,20,21). The maximum atomic E-state index is 11.1. The average molecular weight is 347 g/mol. The van der Waals surface area contributed by atoms with Crippen molar-refractivity contribution in [1.29, 1.82) is 0 Å². The molecule has 1 aliphatic rings. The van der Waals surface area contributed by atoms with E-state index >= 15 is 0 Å². The van der Waals surface area contributed by atoms with Crippen LogP contribution in [0.15, 0.2) is 6.33 Å². The summed E-state index contributed by atoms with van der Waals surface area (Å²) in [6.07, 6.45) is 2.94. The Labute approximate surface area is 131 Å². The largest absolute Gasteiger partial charge is 0.368 e. The molecule has 3 heterocycles. The normalized spacial score (nSPS) is 18.1. The summed E-state index contributed by atoms with van der Waals surface area (Å²) in [5.41, 5.74) is 6.73. The molecule has 0 saturated carbocycles. The lowest BCUT2D eigenvalue weighted by molar-refractivity contribution is 0.199. The molecule has 0 aliphatic carbocycles. The van der Waals surface area contributed by atoms with Crippen molar-refractivity contribution in [3.8, 4) is 0 Å². The van der Waals surface area contributed by atoms with Gasteiger partial charge in [-0.1, -0.05) is 11.6 Å². The Morgan fingerprint density at radius 3 is 2.68 bits per heavy atom. The first kappa shape index (κ1) is 15.6. The number of hydrogen-bond donors (Lipinski definition) is 3. The third-order valence-electron chi connectivity index (χ3n) is 3.73. The maximum absolute atomic E-state index is 11.1. The Bertz CT molecular complexity index is 739. The molecule has 0 spiro atoms. The monoisotopic (exact) mass is 346 g/mol. The number of nitrogen functional groups attached to an aromatic ring is 1. The first-order valence-corrected chi connectivity index (χ1v) is 8.93. The minimum Gasteiger partial charge on any atom is -0.368 e. The van der Waals surface area contributed by atoms with Crippen LogP contribution in [-0.4, -0.2) is 53.6 Å². The van der Waals surface area contributed by atoms with E-state index in [2.05, 4.69) is 15.0 Å². The van der Waals surface area contributed by atoms with Gasteiger partial charge in [0.05, 0.1) is 6.33 Å². The topological polar surface area (TPSA) is 130 Å². The van der Waals surface area contributed by atoms with E-state index < -0.39 is 7.60 Å². The number of likely N-dealkylation sites (tertiary alicyclic amines) is 1. The molecular weight excluding hydrogens is 331 g/mol. The van der Waals surface area contributed by atoms with Gasteiger partial charge in [-0.25, -0.2) is 4.98 Å². The van der Waals surface area contributed by atoms with E-state index in [4.69, 9.17) is 27.1 Å². The Morgan fingerprint density at radius 1 is 1.36 bits per heavy atom. The lowest BCUT2D eigenvalue weighted by Crippen LogP contribution is -2.35. The van der Waals surface area contributed by atoms with Crippen LogP contribution >= 0.6 is 19.2 Å². The number of imidazole rings is 1. The number of hydrogen-bond acceptors (Lipinski definition) is 6. The SMILES string of the molecule is Nc1nc(Cl)c2ncn(C3CCN(CP(=O)(O)O)CC3)c2n1. The molecule has 0 unspecified atom stereocenters. The minimum atomic E-state index is -4.01. The van der Waals surface area contributed by atoms with Crippen molar-refractivity contribution in [2.45, 2.75) is 18.9 Å². The van der Waals surface area contributed by atoms with Gasteiger partial charge in [-0.3, -0.25) is 9.46 Å². The molecule has 22 heavy (non-hydrogen) atoms. The number of rotatable bonds is 3. The van der Waals surface area contributed by atoms with Gasteiger partial charge in [-0.15, -0.1) is 0 Å². The number of piperidine rings is 1. The van der Waals surface area contributed by atoms with Crippen molar-refractivity contribution in [2.75, 3.05) is 25.1 Å². The van der Waals surface area contributed by atoms with Gasteiger partial charge in [0.2, 0.25) is 5.95 Å². The molecule has 120 valence electrons. The molecule has 11 heteroatoms. The van der Waals surface area contributed by atoms with Crippen molar-refractivity contribution in [1.82, 2.24) is 24.4 Å². The van der Waals surface area contributed by atoms with Gasteiger partial charge in [0, 0.05) is 19.1 Å². The van der Waals surface area contributed by atoms with Gasteiger partial charge in [0.15, 0.2) is 10.8 Å². The highest BCUT2D eigenvalue weighted by molar-refractivity contribution is 7.51. The summed E-state index contributed by atoms with van der Waals surface area (Å²) in [7, 11) is -4.01. The number of nitrogens with zero attached hydrogens (tertiary/aromatic N) is 5. The fourth-order valence-corrected chi connectivity index (χ4v) is 3.79. The second-order valence-electron chi connectivity index (χ2n) is 5.35. The molecular formula is C11H16ClN6O3P. The number of nitrogens with two attached hydrogens (primary N) is 1. The van der Waals surface area contributed by atoms with E-state index in [1.54, 1.807) is 11.2 Å². The van der Waals surface area contributed by atoms with Crippen molar-refractivity contribution in [3.05, 3.63) is 11.5 Å². The van der Waals surface area contributed by atoms with Crippen LogP contribution in [0.25, 0.3) is 11.2 Å². The fourth-order valence-electron chi connectivity index (χ4n) is 2.76. The number of aromatic nitrogens is 4. The lowest BCUT2D eigenvalue weighted by Gasteiger charge is -2.32. The second-order valence-corrected chi connectivity index (χ2v) is 7.32. The van der Waals surface area contributed by atoms with Gasteiger partial charge in [-0.2, -0.15) is 9.97 Å². The van der Waals surface area contributed by atoms with E-state index in [1.807, 2.05) is 4.57 Å².